The molecule has 0 aliphatic rings. The van der Waals surface area contributed by atoms with Crippen molar-refractivity contribution in [1.29, 1.82) is 0 Å². The summed E-state index contributed by atoms with van der Waals surface area (Å²) >= 11 is 0. The molecule has 21 heavy (non-hydrogen) atoms. The largest absolute Gasteiger partial charge is 0.280 e. The van der Waals surface area contributed by atoms with Crippen LogP contribution in [0.25, 0.3) is 0 Å². The first kappa shape index (κ1) is 13.4. The van der Waals surface area contributed by atoms with Gasteiger partial charge >= 0.3 is 0 Å². The lowest BCUT2D eigenvalue weighted by atomic mass is 10.0. The highest BCUT2D eigenvalue weighted by atomic mass is 15.4. The predicted octanol–water partition coefficient (Wildman–Crippen LogP) is 4.29. The van der Waals surface area contributed by atoms with E-state index in [1.807, 2.05) is 42.5 Å². The van der Waals surface area contributed by atoms with E-state index in [2.05, 4.69) is 42.5 Å². The van der Waals surface area contributed by atoms with Crippen molar-refractivity contribution < 1.29 is 0 Å². The Morgan fingerprint density at radius 1 is 0.619 bits per heavy atom. The van der Waals surface area contributed by atoms with Crippen LogP contribution in [0.15, 0.2) is 84.9 Å². The molecule has 0 aromatic heterocycles. The zero-order chi connectivity index (χ0) is 14.5. The number of hydrazine groups is 1. The number of benzene rings is 3. The van der Waals surface area contributed by atoms with Crippen LogP contribution in [0, 0.1) is 0 Å². The fraction of sp³-hybridized carbons (Fsp3) is 0.0526. The quantitative estimate of drug-likeness (QED) is 0.568. The predicted molar refractivity (Wildman–Crippen MR) is 88.5 cm³/mol. The maximum absolute atomic E-state index is 6.21. The SMILES string of the molecule is NN(c1ccccc1)c1cccc(Cc2ccccc2)c1. The average Bonchev–Trinajstić information content (AvgIpc) is 2.56. The molecule has 104 valence electrons. The van der Waals surface area contributed by atoms with E-state index in [-0.39, 0.29) is 0 Å². The van der Waals surface area contributed by atoms with Crippen molar-refractivity contribution in [3.05, 3.63) is 96.1 Å². The van der Waals surface area contributed by atoms with Gasteiger partial charge in [0.15, 0.2) is 0 Å². The van der Waals surface area contributed by atoms with E-state index in [1.54, 1.807) is 5.01 Å². The molecule has 0 spiro atoms. The number of hydrogen-bond donors (Lipinski definition) is 1. The Kier molecular flexibility index (Phi) is 3.99. The Balaban J connectivity index is 1.83. The van der Waals surface area contributed by atoms with E-state index in [9.17, 15) is 0 Å². The minimum Gasteiger partial charge on any atom is -0.280 e. The van der Waals surface area contributed by atoms with Crippen LogP contribution >= 0.6 is 0 Å². The summed E-state index contributed by atoms with van der Waals surface area (Å²) in [7, 11) is 0. The molecule has 3 aromatic rings. The van der Waals surface area contributed by atoms with Gasteiger partial charge in [-0.25, -0.2) is 5.84 Å². The van der Waals surface area contributed by atoms with Crippen molar-refractivity contribution in [2.75, 3.05) is 5.01 Å². The van der Waals surface area contributed by atoms with Gasteiger partial charge in [0, 0.05) is 0 Å². The summed E-state index contributed by atoms with van der Waals surface area (Å²) in [6.07, 6.45) is 0.914. The van der Waals surface area contributed by atoms with Crippen LogP contribution in [0.1, 0.15) is 11.1 Å². The maximum atomic E-state index is 6.21. The third-order valence-corrected chi connectivity index (χ3v) is 3.47. The lowest BCUT2D eigenvalue weighted by molar-refractivity contribution is 1.08. The molecular formula is C19H18N2. The molecule has 0 fully saturated rings. The second-order valence-electron chi connectivity index (χ2n) is 5.04. The minimum atomic E-state index is 0.914. The number of rotatable bonds is 4. The molecule has 0 bridgehead atoms. The van der Waals surface area contributed by atoms with Gasteiger partial charge in [-0.3, -0.25) is 5.01 Å². The summed E-state index contributed by atoms with van der Waals surface area (Å²) in [4.78, 5) is 0. The van der Waals surface area contributed by atoms with Crippen LogP contribution in [0.2, 0.25) is 0 Å². The number of nitrogens with zero attached hydrogens (tertiary/aromatic N) is 1. The van der Waals surface area contributed by atoms with Crippen LogP contribution in [0.5, 0.6) is 0 Å². The fourth-order valence-corrected chi connectivity index (χ4v) is 2.39. The Hall–Kier alpha value is -2.58. The van der Waals surface area contributed by atoms with Gasteiger partial charge in [0.05, 0.1) is 11.4 Å². The topological polar surface area (TPSA) is 29.3 Å². The van der Waals surface area contributed by atoms with Crippen molar-refractivity contribution in [2.45, 2.75) is 6.42 Å². The summed E-state index contributed by atoms with van der Waals surface area (Å²) in [5.74, 6) is 6.21. The van der Waals surface area contributed by atoms with Gasteiger partial charge in [-0.1, -0.05) is 60.7 Å². The third kappa shape index (κ3) is 3.30. The third-order valence-electron chi connectivity index (χ3n) is 3.47. The van der Waals surface area contributed by atoms with Crippen LogP contribution < -0.4 is 10.9 Å². The van der Waals surface area contributed by atoms with Gasteiger partial charge < -0.3 is 0 Å². The van der Waals surface area contributed by atoms with Gasteiger partial charge in [0.2, 0.25) is 0 Å². The highest BCUT2D eigenvalue weighted by Gasteiger charge is 2.05. The van der Waals surface area contributed by atoms with E-state index in [4.69, 9.17) is 5.84 Å². The van der Waals surface area contributed by atoms with Crippen LogP contribution in [-0.4, -0.2) is 0 Å². The Labute approximate surface area is 125 Å². The minimum absolute atomic E-state index is 0.914. The van der Waals surface area contributed by atoms with E-state index >= 15 is 0 Å². The van der Waals surface area contributed by atoms with Gasteiger partial charge in [0.25, 0.3) is 0 Å². The van der Waals surface area contributed by atoms with Crippen LogP contribution in [0.4, 0.5) is 11.4 Å². The molecule has 3 rings (SSSR count). The monoisotopic (exact) mass is 274 g/mol. The Bertz CT molecular complexity index is 693. The number of nitrogens with two attached hydrogens (primary N) is 1. The zero-order valence-electron chi connectivity index (χ0n) is 11.8. The normalized spacial score (nSPS) is 10.3. The molecule has 0 aliphatic carbocycles. The number of anilines is 2. The zero-order valence-corrected chi connectivity index (χ0v) is 11.8. The van der Waals surface area contributed by atoms with E-state index in [1.165, 1.54) is 11.1 Å². The van der Waals surface area contributed by atoms with E-state index in [0.29, 0.717) is 0 Å². The molecule has 2 heteroatoms. The van der Waals surface area contributed by atoms with Gasteiger partial charge in [-0.2, -0.15) is 0 Å². The lowest BCUT2D eigenvalue weighted by Gasteiger charge is -2.19. The molecule has 3 aromatic carbocycles. The second kappa shape index (κ2) is 6.25. The molecule has 2 nitrogen and oxygen atoms in total. The van der Waals surface area contributed by atoms with Crippen molar-refractivity contribution in [2.24, 2.45) is 5.84 Å². The molecule has 0 unspecified atom stereocenters. The molecular weight excluding hydrogens is 256 g/mol. The Morgan fingerprint density at radius 2 is 1.19 bits per heavy atom. The van der Waals surface area contributed by atoms with E-state index < -0.39 is 0 Å². The van der Waals surface area contributed by atoms with Gasteiger partial charge in [-0.15, -0.1) is 0 Å². The van der Waals surface area contributed by atoms with Crippen molar-refractivity contribution in [1.82, 2.24) is 0 Å². The first-order valence-electron chi connectivity index (χ1n) is 7.06. The Morgan fingerprint density at radius 3 is 1.90 bits per heavy atom. The molecule has 0 heterocycles. The highest BCUT2D eigenvalue weighted by molar-refractivity contribution is 5.62. The molecule has 0 amide bonds. The van der Waals surface area contributed by atoms with Crippen molar-refractivity contribution in [3.63, 3.8) is 0 Å². The molecule has 0 radical (unpaired) electrons. The molecule has 0 atom stereocenters. The first-order chi connectivity index (χ1) is 10.3. The average molecular weight is 274 g/mol. The lowest BCUT2D eigenvalue weighted by Crippen LogP contribution is -2.24. The maximum Gasteiger partial charge on any atom is 0.0578 e. The molecule has 2 N–H and O–H groups in total. The van der Waals surface area contributed by atoms with Crippen molar-refractivity contribution in [3.8, 4) is 0 Å². The van der Waals surface area contributed by atoms with Crippen LogP contribution in [0.3, 0.4) is 0 Å². The standard InChI is InChI=1S/C19H18N2/c20-21(18-11-5-2-6-12-18)19-13-7-10-17(15-19)14-16-8-3-1-4-9-16/h1-13,15H,14,20H2. The fourth-order valence-electron chi connectivity index (χ4n) is 2.39. The van der Waals surface area contributed by atoms with Gasteiger partial charge in [0.1, 0.15) is 0 Å². The highest BCUT2D eigenvalue weighted by Crippen LogP contribution is 2.23. The van der Waals surface area contributed by atoms with E-state index in [0.717, 1.165) is 17.8 Å². The number of hydrogen-bond acceptors (Lipinski definition) is 2. The number of para-hydroxylation sites is 1. The summed E-state index contributed by atoms with van der Waals surface area (Å²) in [5.41, 5.74) is 4.53. The van der Waals surface area contributed by atoms with Gasteiger partial charge in [-0.05, 0) is 41.8 Å². The molecule has 0 saturated carbocycles. The molecule has 0 saturated heterocycles. The summed E-state index contributed by atoms with van der Waals surface area (Å²) in [5, 5.41) is 1.72. The first-order valence-corrected chi connectivity index (χ1v) is 7.06. The summed E-state index contributed by atoms with van der Waals surface area (Å²) < 4.78 is 0. The van der Waals surface area contributed by atoms with Crippen molar-refractivity contribution >= 4 is 11.4 Å². The summed E-state index contributed by atoms with van der Waals surface area (Å²) in [6, 6.07) is 28.8. The van der Waals surface area contributed by atoms with Crippen LogP contribution in [-0.2, 0) is 6.42 Å². The summed E-state index contributed by atoms with van der Waals surface area (Å²) in [6.45, 7) is 0. The second-order valence-corrected chi connectivity index (χ2v) is 5.04. The smallest absolute Gasteiger partial charge is 0.0578 e. The molecule has 0 aliphatic heterocycles.